The zero-order valence-electron chi connectivity index (χ0n) is 14.2. The summed E-state index contributed by atoms with van der Waals surface area (Å²) >= 11 is 0. The molecule has 3 unspecified atom stereocenters. The van der Waals surface area contributed by atoms with Gasteiger partial charge in [0.05, 0.1) is 6.61 Å². The largest absolute Gasteiger partial charge is 0.462 e. The number of carbonyl (C=O) groups excluding carboxylic acids is 1. The van der Waals surface area contributed by atoms with Gasteiger partial charge in [-0.05, 0) is 37.5 Å². The van der Waals surface area contributed by atoms with E-state index in [1.54, 1.807) is 6.92 Å². The molecule has 0 rings (SSSR count). The van der Waals surface area contributed by atoms with E-state index in [1.165, 1.54) is 25.7 Å². The van der Waals surface area contributed by atoms with Gasteiger partial charge < -0.3 is 4.74 Å². The van der Waals surface area contributed by atoms with Gasteiger partial charge >= 0.3 is 5.97 Å². The minimum Gasteiger partial charge on any atom is -0.462 e. The maximum Gasteiger partial charge on any atom is 0.333 e. The van der Waals surface area contributed by atoms with E-state index in [-0.39, 0.29) is 5.97 Å². The minimum absolute atomic E-state index is 0.265. The molecule has 20 heavy (non-hydrogen) atoms. The molecule has 0 fully saturated rings. The summed E-state index contributed by atoms with van der Waals surface area (Å²) in [6, 6.07) is 0. The van der Waals surface area contributed by atoms with Crippen molar-refractivity contribution in [2.24, 2.45) is 17.8 Å². The Morgan fingerprint density at radius 1 is 1.05 bits per heavy atom. The molecule has 0 aromatic rings. The van der Waals surface area contributed by atoms with Crippen LogP contribution in [0.1, 0.15) is 73.1 Å². The molecule has 0 aliphatic heterocycles. The van der Waals surface area contributed by atoms with E-state index in [0.717, 1.165) is 24.7 Å². The number of carbonyl (C=O) groups is 1. The monoisotopic (exact) mass is 282 g/mol. The number of esters is 1. The van der Waals surface area contributed by atoms with Crippen LogP contribution in [0.4, 0.5) is 0 Å². The third-order valence-corrected chi connectivity index (χ3v) is 4.44. The van der Waals surface area contributed by atoms with Crippen LogP contribution in [0.3, 0.4) is 0 Å². The van der Waals surface area contributed by atoms with Gasteiger partial charge in [0, 0.05) is 5.57 Å². The standard InChI is InChI=1S/C18H34O2/c1-7-8-9-11-15(4)17(6)16(5)12-10-13-20-18(19)14(2)3/h15-17H,2,7-13H2,1,3-6H3. The van der Waals surface area contributed by atoms with Crippen LogP contribution in [-0.2, 0) is 9.53 Å². The van der Waals surface area contributed by atoms with Gasteiger partial charge in [0.2, 0.25) is 0 Å². The van der Waals surface area contributed by atoms with Gasteiger partial charge in [0.1, 0.15) is 0 Å². The number of hydrogen-bond donors (Lipinski definition) is 0. The first-order valence-electron chi connectivity index (χ1n) is 8.22. The van der Waals surface area contributed by atoms with Gasteiger partial charge in [0.15, 0.2) is 0 Å². The Kier molecular flexibility index (Phi) is 10.5. The van der Waals surface area contributed by atoms with Crippen molar-refractivity contribution in [3.05, 3.63) is 12.2 Å². The highest BCUT2D eigenvalue weighted by atomic mass is 16.5. The Morgan fingerprint density at radius 2 is 1.60 bits per heavy atom. The molecule has 0 bridgehead atoms. The fraction of sp³-hybridized carbons (Fsp3) is 0.833. The summed E-state index contributed by atoms with van der Waals surface area (Å²) in [5.74, 6) is 1.95. The molecule has 2 heteroatoms. The minimum atomic E-state index is -0.265. The van der Waals surface area contributed by atoms with E-state index in [9.17, 15) is 4.79 Å². The van der Waals surface area contributed by atoms with Crippen molar-refractivity contribution >= 4 is 5.97 Å². The van der Waals surface area contributed by atoms with Gasteiger partial charge in [-0.1, -0.05) is 60.0 Å². The van der Waals surface area contributed by atoms with Crippen molar-refractivity contribution < 1.29 is 9.53 Å². The van der Waals surface area contributed by atoms with Gasteiger partial charge in [-0.2, -0.15) is 0 Å². The smallest absolute Gasteiger partial charge is 0.333 e. The van der Waals surface area contributed by atoms with E-state index in [2.05, 4.69) is 34.3 Å². The van der Waals surface area contributed by atoms with E-state index in [1.807, 2.05) is 0 Å². The third-order valence-electron chi connectivity index (χ3n) is 4.44. The zero-order valence-corrected chi connectivity index (χ0v) is 14.2. The van der Waals surface area contributed by atoms with Gasteiger partial charge in [-0.3, -0.25) is 0 Å². The lowest BCUT2D eigenvalue weighted by Crippen LogP contribution is -2.17. The van der Waals surface area contributed by atoms with Crippen LogP contribution in [0.2, 0.25) is 0 Å². The molecule has 0 aliphatic carbocycles. The summed E-state index contributed by atoms with van der Waals surface area (Å²) in [4.78, 5) is 11.3. The predicted molar refractivity (Wildman–Crippen MR) is 86.6 cm³/mol. The fourth-order valence-electron chi connectivity index (χ4n) is 2.50. The van der Waals surface area contributed by atoms with Crippen LogP contribution >= 0.6 is 0 Å². The molecular weight excluding hydrogens is 248 g/mol. The topological polar surface area (TPSA) is 26.3 Å². The van der Waals surface area contributed by atoms with Crippen molar-refractivity contribution in [2.45, 2.75) is 73.1 Å². The summed E-state index contributed by atoms with van der Waals surface area (Å²) in [7, 11) is 0. The summed E-state index contributed by atoms with van der Waals surface area (Å²) < 4.78 is 5.14. The average molecular weight is 282 g/mol. The lowest BCUT2D eigenvalue weighted by molar-refractivity contribution is -0.139. The Hall–Kier alpha value is -0.790. The van der Waals surface area contributed by atoms with E-state index >= 15 is 0 Å². The van der Waals surface area contributed by atoms with E-state index in [0.29, 0.717) is 18.1 Å². The molecule has 0 aliphatic rings. The molecular formula is C18H34O2. The maximum absolute atomic E-state index is 11.3. The van der Waals surface area contributed by atoms with Crippen LogP contribution in [0.15, 0.2) is 12.2 Å². The maximum atomic E-state index is 11.3. The van der Waals surface area contributed by atoms with Crippen LogP contribution in [0.5, 0.6) is 0 Å². The van der Waals surface area contributed by atoms with Crippen LogP contribution < -0.4 is 0 Å². The second kappa shape index (κ2) is 10.9. The van der Waals surface area contributed by atoms with Gasteiger partial charge in [0.25, 0.3) is 0 Å². The Bertz CT molecular complexity index is 283. The first-order chi connectivity index (χ1) is 9.40. The molecule has 3 atom stereocenters. The van der Waals surface area contributed by atoms with Crippen molar-refractivity contribution in [1.29, 1.82) is 0 Å². The van der Waals surface area contributed by atoms with Crippen molar-refractivity contribution in [3.63, 3.8) is 0 Å². The summed E-state index contributed by atoms with van der Waals surface area (Å²) in [5, 5.41) is 0. The van der Waals surface area contributed by atoms with Crippen LogP contribution in [-0.4, -0.2) is 12.6 Å². The number of hydrogen-bond acceptors (Lipinski definition) is 2. The molecule has 0 aromatic carbocycles. The molecule has 2 nitrogen and oxygen atoms in total. The summed E-state index contributed by atoms with van der Waals surface area (Å²) in [6.45, 7) is 15.1. The molecule has 0 N–H and O–H groups in total. The quantitative estimate of drug-likeness (QED) is 0.289. The number of unbranched alkanes of at least 4 members (excludes halogenated alkanes) is 2. The summed E-state index contributed by atoms with van der Waals surface area (Å²) in [6.07, 6.45) is 7.41. The molecule has 0 saturated heterocycles. The second-order valence-corrected chi connectivity index (χ2v) is 6.37. The van der Waals surface area contributed by atoms with Crippen molar-refractivity contribution in [3.8, 4) is 0 Å². The Balaban J connectivity index is 3.81. The first kappa shape index (κ1) is 19.2. The molecule has 0 radical (unpaired) electrons. The Morgan fingerprint density at radius 3 is 2.10 bits per heavy atom. The lowest BCUT2D eigenvalue weighted by Gasteiger charge is -2.26. The number of rotatable bonds is 11. The molecule has 0 saturated carbocycles. The van der Waals surface area contributed by atoms with Crippen LogP contribution in [0, 0.1) is 17.8 Å². The lowest BCUT2D eigenvalue weighted by atomic mass is 9.80. The van der Waals surface area contributed by atoms with Crippen molar-refractivity contribution in [2.75, 3.05) is 6.61 Å². The highest BCUT2D eigenvalue weighted by molar-refractivity contribution is 5.86. The van der Waals surface area contributed by atoms with Gasteiger partial charge in [-0.15, -0.1) is 0 Å². The predicted octanol–water partition coefficient (Wildman–Crippen LogP) is 5.37. The molecule has 0 spiro atoms. The fourth-order valence-corrected chi connectivity index (χ4v) is 2.50. The Labute approximate surface area is 126 Å². The van der Waals surface area contributed by atoms with E-state index in [4.69, 9.17) is 4.74 Å². The molecule has 118 valence electrons. The average Bonchev–Trinajstić information content (AvgIpc) is 2.42. The summed E-state index contributed by atoms with van der Waals surface area (Å²) in [5.41, 5.74) is 0.482. The van der Waals surface area contributed by atoms with Gasteiger partial charge in [-0.25, -0.2) is 4.79 Å². The van der Waals surface area contributed by atoms with Crippen molar-refractivity contribution in [1.82, 2.24) is 0 Å². The van der Waals surface area contributed by atoms with Crippen LogP contribution in [0.25, 0.3) is 0 Å². The molecule has 0 amide bonds. The molecule has 0 aromatic heterocycles. The normalized spacial score (nSPS) is 15.4. The number of ether oxygens (including phenoxy) is 1. The van der Waals surface area contributed by atoms with E-state index < -0.39 is 0 Å². The zero-order chi connectivity index (χ0) is 15.5. The SMILES string of the molecule is C=C(C)C(=O)OCCCC(C)C(C)C(C)CCCCC. The third kappa shape index (κ3) is 8.39. The highest BCUT2D eigenvalue weighted by Gasteiger charge is 2.18. The second-order valence-electron chi connectivity index (χ2n) is 6.37. The first-order valence-corrected chi connectivity index (χ1v) is 8.22. The molecule has 0 heterocycles. The highest BCUT2D eigenvalue weighted by Crippen LogP contribution is 2.28.